The van der Waals surface area contributed by atoms with Gasteiger partial charge in [-0.05, 0) is 35.0 Å². The van der Waals surface area contributed by atoms with E-state index < -0.39 is 0 Å². The molecule has 0 saturated heterocycles. The van der Waals surface area contributed by atoms with Crippen molar-refractivity contribution in [2.24, 2.45) is 5.11 Å². The van der Waals surface area contributed by atoms with E-state index in [0.717, 1.165) is 13.1 Å². The summed E-state index contributed by atoms with van der Waals surface area (Å²) in [5.41, 5.74) is 9.39. The van der Waals surface area contributed by atoms with E-state index >= 15 is 0 Å². The molecule has 0 bridgehead atoms. The first kappa shape index (κ1) is 10.1. The molecule has 0 unspecified atom stereocenters. The molecule has 0 aliphatic carbocycles. The van der Waals surface area contributed by atoms with Gasteiger partial charge in [0.2, 0.25) is 0 Å². The summed E-state index contributed by atoms with van der Waals surface area (Å²) in [6.45, 7) is 2.27. The first-order valence-corrected chi connectivity index (χ1v) is 4.97. The molecule has 0 aromatic carbocycles. The van der Waals surface area contributed by atoms with Gasteiger partial charge in [-0.2, -0.15) is 11.3 Å². The summed E-state index contributed by atoms with van der Waals surface area (Å²) in [6.07, 6.45) is 0. The van der Waals surface area contributed by atoms with Crippen LogP contribution in [0.4, 0.5) is 0 Å². The van der Waals surface area contributed by atoms with E-state index in [1.807, 2.05) is 7.05 Å². The van der Waals surface area contributed by atoms with Gasteiger partial charge in [0.1, 0.15) is 0 Å². The van der Waals surface area contributed by atoms with Gasteiger partial charge < -0.3 is 4.90 Å². The third-order valence-electron chi connectivity index (χ3n) is 1.68. The molecule has 0 spiro atoms. The van der Waals surface area contributed by atoms with Gasteiger partial charge in [0, 0.05) is 24.5 Å². The molecule has 0 amide bonds. The van der Waals surface area contributed by atoms with Crippen molar-refractivity contribution in [1.82, 2.24) is 4.90 Å². The zero-order chi connectivity index (χ0) is 9.52. The number of azide groups is 1. The molecule has 0 N–H and O–H groups in total. The van der Waals surface area contributed by atoms with Gasteiger partial charge in [-0.3, -0.25) is 0 Å². The van der Waals surface area contributed by atoms with Crippen LogP contribution in [0.5, 0.6) is 0 Å². The summed E-state index contributed by atoms with van der Waals surface area (Å²) >= 11 is 1.70. The predicted octanol–water partition coefficient (Wildman–Crippen LogP) is 2.49. The van der Waals surface area contributed by atoms with Gasteiger partial charge in [-0.25, -0.2) is 0 Å². The molecular formula is C8H12N4S. The van der Waals surface area contributed by atoms with Crippen molar-refractivity contribution in [3.05, 3.63) is 32.8 Å². The fourth-order valence-electron chi connectivity index (χ4n) is 1.03. The van der Waals surface area contributed by atoms with E-state index in [1.54, 1.807) is 11.3 Å². The standard InChI is InChI=1S/C8H12N4S/c1-12(4-3-10-11-9)6-8-2-5-13-7-8/h2,5,7H,3-4,6H2,1H3. The molecule has 0 aliphatic rings. The lowest BCUT2D eigenvalue weighted by Gasteiger charge is -2.13. The Morgan fingerprint density at radius 1 is 1.69 bits per heavy atom. The first-order chi connectivity index (χ1) is 6.33. The minimum atomic E-state index is 0.539. The molecule has 0 radical (unpaired) electrons. The second-order valence-electron chi connectivity index (χ2n) is 2.82. The van der Waals surface area contributed by atoms with Crippen molar-refractivity contribution in [3.63, 3.8) is 0 Å². The number of thiophene rings is 1. The van der Waals surface area contributed by atoms with Crippen LogP contribution < -0.4 is 0 Å². The SMILES string of the molecule is CN(CCN=[N+]=[N-])Cc1ccsc1. The summed E-state index contributed by atoms with van der Waals surface area (Å²) in [4.78, 5) is 4.84. The zero-order valence-electron chi connectivity index (χ0n) is 7.55. The molecule has 0 aliphatic heterocycles. The van der Waals surface area contributed by atoms with E-state index in [0.29, 0.717) is 6.54 Å². The lowest BCUT2D eigenvalue weighted by molar-refractivity contribution is 0.336. The molecule has 0 fully saturated rings. The Balaban J connectivity index is 2.25. The van der Waals surface area contributed by atoms with Gasteiger partial charge in [0.15, 0.2) is 0 Å². The minimum Gasteiger partial charge on any atom is -0.302 e. The molecule has 1 rings (SSSR count). The highest BCUT2D eigenvalue weighted by Crippen LogP contribution is 2.07. The average Bonchev–Trinajstić information content (AvgIpc) is 2.57. The third-order valence-corrected chi connectivity index (χ3v) is 2.41. The van der Waals surface area contributed by atoms with Crippen molar-refractivity contribution in [3.8, 4) is 0 Å². The van der Waals surface area contributed by atoms with Crippen LogP contribution in [0.2, 0.25) is 0 Å². The third kappa shape index (κ3) is 3.94. The molecule has 4 nitrogen and oxygen atoms in total. The van der Waals surface area contributed by atoms with Crippen molar-refractivity contribution in [1.29, 1.82) is 0 Å². The van der Waals surface area contributed by atoms with Crippen LogP contribution in [0.1, 0.15) is 5.56 Å². The fraction of sp³-hybridized carbons (Fsp3) is 0.500. The van der Waals surface area contributed by atoms with Crippen molar-refractivity contribution in [2.45, 2.75) is 6.54 Å². The van der Waals surface area contributed by atoms with Crippen LogP contribution in [0.25, 0.3) is 10.4 Å². The molecule has 1 heterocycles. The average molecular weight is 196 g/mol. The van der Waals surface area contributed by atoms with Gasteiger partial charge in [0.05, 0.1) is 0 Å². The number of nitrogens with zero attached hydrogens (tertiary/aromatic N) is 4. The highest BCUT2D eigenvalue weighted by Gasteiger charge is 1.98. The topological polar surface area (TPSA) is 52.0 Å². The van der Waals surface area contributed by atoms with E-state index in [9.17, 15) is 0 Å². The van der Waals surface area contributed by atoms with Crippen LogP contribution in [0, 0.1) is 0 Å². The lowest BCUT2D eigenvalue weighted by atomic mass is 10.3. The molecular weight excluding hydrogens is 184 g/mol. The van der Waals surface area contributed by atoms with Gasteiger partial charge >= 0.3 is 0 Å². The van der Waals surface area contributed by atoms with Gasteiger partial charge in [-0.1, -0.05) is 5.11 Å². The van der Waals surface area contributed by atoms with Gasteiger partial charge in [0.25, 0.3) is 0 Å². The lowest BCUT2D eigenvalue weighted by Crippen LogP contribution is -2.20. The largest absolute Gasteiger partial charge is 0.302 e. The highest BCUT2D eigenvalue weighted by atomic mass is 32.1. The van der Waals surface area contributed by atoms with Crippen LogP contribution >= 0.6 is 11.3 Å². The number of hydrogen-bond acceptors (Lipinski definition) is 3. The second-order valence-corrected chi connectivity index (χ2v) is 3.60. The van der Waals surface area contributed by atoms with Gasteiger partial charge in [-0.15, -0.1) is 0 Å². The molecule has 70 valence electrons. The van der Waals surface area contributed by atoms with Crippen molar-refractivity contribution < 1.29 is 0 Å². The maximum atomic E-state index is 8.08. The van der Waals surface area contributed by atoms with Crippen molar-refractivity contribution >= 4 is 11.3 Å². The normalized spacial score (nSPS) is 10.0. The molecule has 1 aromatic rings. The maximum absolute atomic E-state index is 8.08. The Bertz CT molecular complexity index is 276. The predicted molar refractivity (Wildman–Crippen MR) is 54.7 cm³/mol. The second kappa shape index (κ2) is 5.59. The van der Waals surface area contributed by atoms with E-state index in [4.69, 9.17) is 5.53 Å². The Morgan fingerprint density at radius 2 is 2.54 bits per heavy atom. The molecule has 13 heavy (non-hydrogen) atoms. The minimum absolute atomic E-state index is 0.539. The molecule has 0 saturated carbocycles. The Labute approximate surface area is 81.4 Å². The summed E-state index contributed by atoms with van der Waals surface area (Å²) in [6, 6.07) is 2.11. The smallest absolute Gasteiger partial charge is 0.0385 e. The molecule has 0 atom stereocenters. The Morgan fingerprint density at radius 3 is 3.15 bits per heavy atom. The van der Waals surface area contributed by atoms with E-state index in [2.05, 4.69) is 31.8 Å². The van der Waals surface area contributed by atoms with E-state index in [-0.39, 0.29) is 0 Å². The van der Waals surface area contributed by atoms with E-state index in [1.165, 1.54) is 5.56 Å². The summed E-state index contributed by atoms with van der Waals surface area (Å²) in [5.74, 6) is 0. The fourth-order valence-corrected chi connectivity index (χ4v) is 1.69. The maximum Gasteiger partial charge on any atom is 0.0385 e. The zero-order valence-corrected chi connectivity index (χ0v) is 8.37. The Hall–Kier alpha value is -1.03. The molecule has 5 heteroatoms. The molecule has 1 aromatic heterocycles. The summed E-state index contributed by atoms with van der Waals surface area (Å²) < 4.78 is 0. The summed E-state index contributed by atoms with van der Waals surface area (Å²) in [5, 5.41) is 7.68. The number of rotatable bonds is 5. The Kier molecular flexibility index (Phi) is 4.32. The number of hydrogen-bond donors (Lipinski definition) is 0. The highest BCUT2D eigenvalue weighted by molar-refractivity contribution is 7.07. The first-order valence-electron chi connectivity index (χ1n) is 4.03. The van der Waals surface area contributed by atoms with Crippen LogP contribution in [-0.2, 0) is 6.54 Å². The quantitative estimate of drug-likeness (QED) is 0.405. The van der Waals surface area contributed by atoms with Crippen LogP contribution in [0.15, 0.2) is 21.9 Å². The monoisotopic (exact) mass is 196 g/mol. The number of likely N-dealkylation sites (N-methyl/N-ethyl adjacent to an activating group) is 1. The van der Waals surface area contributed by atoms with Crippen molar-refractivity contribution in [2.75, 3.05) is 20.1 Å². The summed E-state index contributed by atoms with van der Waals surface area (Å²) in [7, 11) is 2.02. The van der Waals surface area contributed by atoms with Crippen LogP contribution in [0.3, 0.4) is 0 Å². The van der Waals surface area contributed by atoms with Crippen LogP contribution in [-0.4, -0.2) is 25.0 Å².